The van der Waals surface area contributed by atoms with E-state index < -0.39 is 0 Å². The molecular weight excluding hydrogens is 236 g/mol. The Bertz CT molecular complexity index is 319. The van der Waals surface area contributed by atoms with E-state index in [-0.39, 0.29) is 6.04 Å². The van der Waals surface area contributed by atoms with Gasteiger partial charge in [0, 0.05) is 34.5 Å². The highest BCUT2D eigenvalue weighted by Gasteiger charge is 2.17. The molecule has 0 aromatic carbocycles. The highest BCUT2D eigenvalue weighted by atomic mass is 32.2. The first kappa shape index (κ1) is 12.4. The normalized spacial score (nSPS) is 19.1. The molecule has 1 fully saturated rings. The van der Waals surface area contributed by atoms with Crippen molar-refractivity contribution in [1.82, 2.24) is 4.98 Å². The van der Waals surface area contributed by atoms with Crippen LogP contribution in [0.15, 0.2) is 5.38 Å². The van der Waals surface area contributed by atoms with Crippen LogP contribution >= 0.6 is 23.1 Å². The average Bonchev–Trinajstić information content (AvgIpc) is 2.87. The van der Waals surface area contributed by atoms with Crippen molar-refractivity contribution < 1.29 is 0 Å². The van der Waals surface area contributed by atoms with Crippen molar-refractivity contribution >= 4 is 23.1 Å². The molecule has 1 aromatic rings. The molecule has 1 aromatic heterocycles. The second-order valence-corrected chi connectivity index (χ2v) is 6.86. The first-order valence-electron chi connectivity index (χ1n) is 6.02. The van der Waals surface area contributed by atoms with Gasteiger partial charge in [-0.3, -0.25) is 0 Å². The van der Waals surface area contributed by atoms with E-state index in [4.69, 9.17) is 5.73 Å². The molecule has 2 nitrogen and oxygen atoms in total. The third-order valence-electron chi connectivity index (χ3n) is 2.95. The predicted molar refractivity (Wildman–Crippen MR) is 73.2 cm³/mol. The van der Waals surface area contributed by atoms with Gasteiger partial charge in [-0.15, -0.1) is 11.3 Å². The van der Waals surface area contributed by atoms with Gasteiger partial charge >= 0.3 is 0 Å². The number of nitrogens with zero attached hydrogens (tertiary/aromatic N) is 1. The van der Waals surface area contributed by atoms with Crippen molar-refractivity contribution in [2.45, 2.75) is 50.3 Å². The molecule has 1 saturated carbocycles. The van der Waals surface area contributed by atoms with Crippen LogP contribution in [0.1, 0.15) is 36.4 Å². The van der Waals surface area contributed by atoms with Crippen LogP contribution < -0.4 is 5.73 Å². The lowest BCUT2D eigenvalue weighted by Gasteiger charge is -2.13. The van der Waals surface area contributed by atoms with Crippen LogP contribution in [0.2, 0.25) is 0 Å². The molecule has 0 amide bonds. The van der Waals surface area contributed by atoms with Gasteiger partial charge in [0.05, 0.1) is 5.01 Å². The maximum Gasteiger partial charge on any atom is 0.0943 e. The van der Waals surface area contributed by atoms with Crippen molar-refractivity contribution in [2.24, 2.45) is 5.73 Å². The summed E-state index contributed by atoms with van der Waals surface area (Å²) in [7, 11) is 0. The van der Waals surface area contributed by atoms with E-state index in [0.717, 1.165) is 23.1 Å². The number of thioether (sulfide) groups is 1. The summed E-state index contributed by atoms with van der Waals surface area (Å²) in [4.78, 5) is 4.46. The van der Waals surface area contributed by atoms with Gasteiger partial charge in [-0.2, -0.15) is 11.8 Å². The SMILES string of the molecule is Cc1csc(CC(N)CSC2CCCC2)n1. The molecule has 90 valence electrons. The van der Waals surface area contributed by atoms with Gasteiger partial charge in [0.15, 0.2) is 0 Å². The van der Waals surface area contributed by atoms with Gasteiger partial charge in [-0.25, -0.2) is 4.98 Å². The first-order valence-corrected chi connectivity index (χ1v) is 7.95. The number of nitrogens with two attached hydrogens (primary N) is 1. The molecule has 2 N–H and O–H groups in total. The van der Waals surface area contributed by atoms with E-state index >= 15 is 0 Å². The van der Waals surface area contributed by atoms with Crippen LogP contribution in [0.5, 0.6) is 0 Å². The van der Waals surface area contributed by atoms with E-state index in [9.17, 15) is 0 Å². The zero-order valence-electron chi connectivity index (χ0n) is 9.82. The molecule has 1 atom stereocenters. The second kappa shape index (κ2) is 6.03. The van der Waals surface area contributed by atoms with Gasteiger partial charge in [0.2, 0.25) is 0 Å². The molecular formula is C12H20N2S2. The van der Waals surface area contributed by atoms with Crippen molar-refractivity contribution in [3.05, 3.63) is 16.1 Å². The molecule has 0 saturated heterocycles. The predicted octanol–water partition coefficient (Wildman–Crippen LogP) is 3.00. The summed E-state index contributed by atoms with van der Waals surface area (Å²) in [5, 5.41) is 4.17. The molecule has 1 aliphatic carbocycles. The molecule has 2 rings (SSSR count). The Morgan fingerprint density at radius 3 is 2.94 bits per heavy atom. The van der Waals surface area contributed by atoms with Crippen LogP contribution in [0.4, 0.5) is 0 Å². The zero-order valence-corrected chi connectivity index (χ0v) is 11.4. The Hall–Kier alpha value is -0.0600. The molecule has 0 radical (unpaired) electrons. The van der Waals surface area contributed by atoms with E-state index in [1.807, 2.05) is 6.92 Å². The quantitative estimate of drug-likeness (QED) is 0.880. The van der Waals surface area contributed by atoms with E-state index in [1.165, 1.54) is 30.7 Å². The lowest BCUT2D eigenvalue weighted by molar-refractivity contribution is 0.739. The lowest BCUT2D eigenvalue weighted by atomic mass is 10.3. The first-order chi connectivity index (χ1) is 7.74. The topological polar surface area (TPSA) is 38.9 Å². The Kier molecular flexibility index (Phi) is 4.67. The van der Waals surface area contributed by atoms with Crippen molar-refractivity contribution in [3.63, 3.8) is 0 Å². The van der Waals surface area contributed by atoms with Crippen molar-refractivity contribution in [3.8, 4) is 0 Å². The van der Waals surface area contributed by atoms with Gasteiger partial charge < -0.3 is 5.73 Å². The number of aryl methyl sites for hydroxylation is 1. The third-order valence-corrected chi connectivity index (χ3v) is 5.50. The summed E-state index contributed by atoms with van der Waals surface area (Å²) in [6.07, 6.45) is 6.57. The molecule has 0 bridgehead atoms. The van der Waals surface area contributed by atoms with Gasteiger partial charge in [0.25, 0.3) is 0 Å². The number of hydrogen-bond acceptors (Lipinski definition) is 4. The Morgan fingerprint density at radius 2 is 2.31 bits per heavy atom. The molecule has 0 aliphatic heterocycles. The standard InChI is InChI=1S/C12H20N2S2/c1-9-7-16-12(14-9)6-10(13)8-15-11-4-2-3-5-11/h7,10-11H,2-6,8,13H2,1H3. The Balaban J connectivity index is 1.69. The van der Waals surface area contributed by atoms with Crippen LogP contribution in [-0.2, 0) is 6.42 Å². The van der Waals surface area contributed by atoms with E-state index in [2.05, 4.69) is 22.1 Å². The Morgan fingerprint density at radius 1 is 1.56 bits per heavy atom. The molecule has 1 heterocycles. The summed E-state index contributed by atoms with van der Waals surface area (Å²) < 4.78 is 0. The highest BCUT2D eigenvalue weighted by Crippen LogP contribution is 2.29. The molecule has 1 unspecified atom stereocenters. The highest BCUT2D eigenvalue weighted by molar-refractivity contribution is 7.99. The minimum atomic E-state index is 0.274. The second-order valence-electron chi connectivity index (χ2n) is 4.59. The zero-order chi connectivity index (χ0) is 11.4. The lowest BCUT2D eigenvalue weighted by Crippen LogP contribution is -2.26. The third kappa shape index (κ3) is 3.75. The maximum atomic E-state index is 6.14. The fourth-order valence-corrected chi connectivity index (χ4v) is 4.26. The monoisotopic (exact) mass is 256 g/mol. The fourth-order valence-electron chi connectivity index (χ4n) is 2.09. The molecule has 16 heavy (non-hydrogen) atoms. The largest absolute Gasteiger partial charge is 0.327 e. The van der Waals surface area contributed by atoms with Crippen molar-refractivity contribution in [1.29, 1.82) is 0 Å². The number of hydrogen-bond donors (Lipinski definition) is 1. The smallest absolute Gasteiger partial charge is 0.0943 e. The van der Waals surface area contributed by atoms with Gasteiger partial charge in [0.1, 0.15) is 0 Å². The van der Waals surface area contributed by atoms with Crippen molar-refractivity contribution in [2.75, 3.05) is 5.75 Å². The average molecular weight is 256 g/mol. The minimum absolute atomic E-state index is 0.274. The van der Waals surface area contributed by atoms with Crippen LogP contribution in [0.3, 0.4) is 0 Å². The Labute approximate surface area is 106 Å². The molecule has 4 heteroatoms. The van der Waals surface area contributed by atoms with E-state index in [0.29, 0.717) is 0 Å². The maximum absolute atomic E-state index is 6.14. The van der Waals surface area contributed by atoms with Gasteiger partial charge in [-0.05, 0) is 19.8 Å². The summed E-state index contributed by atoms with van der Waals surface area (Å²) >= 11 is 3.81. The molecule has 0 spiro atoms. The van der Waals surface area contributed by atoms with Gasteiger partial charge in [-0.1, -0.05) is 12.8 Å². The van der Waals surface area contributed by atoms with Crippen LogP contribution in [-0.4, -0.2) is 22.0 Å². The number of aromatic nitrogens is 1. The summed E-state index contributed by atoms with van der Waals surface area (Å²) in [6, 6.07) is 0.274. The summed E-state index contributed by atoms with van der Waals surface area (Å²) in [5.41, 5.74) is 7.26. The minimum Gasteiger partial charge on any atom is -0.327 e. The summed E-state index contributed by atoms with van der Waals surface area (Å²) in [6.45, 7) is 2.04. The summed E-state index contributed by atoms with van der Waals surface area (Å²) in [5.74, 6) is 1.09. The van der Waals surface area contributed by atoms with Crippen LogP contribution in [0, 0.1) is 6.92 Å². The fraction of sp³-hybridized carbons (Fsp3) is 0.750. The number of thiazole rings is 1. The molecule has 1 aliphatic rings. The van der Waals surface area contributed by atoms with Crippen LogP contribution in [0.25, 0.3) is 0 Å². The van der Waals surface area contributed by atoms with E-state index in [1.54, 1.807) is 11.3 Å². The number of rotatable bonds is 5.